The van der Waals surface area contributed by atoms with Gasteiger partial charge in [-0.15, -0.1) is 0 Å². The number of hydrogen-bond acceptors (Lipinski definition) is 6. The van der Waals surface area contributed by atoms with Gasteiger partial charge in [0.25, 0.3) is 11.7 Å². The van der Waals surface area contributed by atoms with Crippen molar-refractivity contribution in [3.05, 3.63) is 89.2 Å². The van der Waals surface area contributed by atoms with Crippen molar-refractivity contribution < 1.29 is 28.6 Å². The Labute approximate surface area is 215 Å². The van der Waals surface area contributed by atoms with Gasteiger partial charge in [0.1, 0.15) is 23.1 Å². The number of hydrogen-bond donors (Lipinski definition) is 1. The van der Waals surface area contributed by atoms with Crippen LogP contribution in [0.25, 0.3) is 5.76 Å². The normalized spacial score (nSPS) is 16.7. The van der Waals surface area contributed by atoms with E-state index in [9.17, 15) is 19.1 Å². The summed E-state index contributed by atoms with van der Waals surface area (Å²) in [6.07, 6.45) is 0.808. The number of aliphatic hydroxyl groups is 1. The van der Waals surface area contributed by atoms with Gasteiger partial charge in [-0.3, -0.25) is 14.5 Å². The smallest absolute Gasteiger partial charge is 0.300 e. The first-order valence-electron chi connectivity index (χ1n) is 11.9. The van der Waals surface area contributed by atoms with Crippen LogP contribution in [0.3, 0.4) is 0 Å². The summed E-state index contributed by atoms with van der Waals surface area (Å²) in [4.78, 5) is 30.1. The van der Waals surface area contributed by atoms with Crippen LogP contribution in [0.2, 0.25) is 0 Å². The maximum Gasteiger partial charge on any atom is 0.300 e. The number of aliphatic hydroxyl groups excluding tert-OH is 1. The monoisotopic (exact) mass is 504 g/mol. The summed E-state index contributed by atoms with van der Waals surface area (Å²) in [5, 5.41) is 11.4. The number of halogens is 1. The van der Waals surface area contributed by atoms with Gasteiger partial charge in [0, 0.05) is 31.5 Å². The highest BCUT2D eigenvalue weighted by atomic mass is 19.1. The molecule has 1 heterocycles. The minimum absolute atomic E-state index is 0.0181. The number of carbonyl (C=O) groups is 2. The van der Waals surface area contributed by atoms with Crippen LogP contribution in [0.1, 0.15) is 30.5 Å². The molecule has 1 saturated heterocycles. The average Bonchev–Trinajstić information content (AvgIpc) is 3.17. The molecule has 192 valence electrons. The number of benzene rings is 3. The Kier molecular flexibility index (Phi) is 7.47. The van der Waals surface area contributed by atoms with Gasteiger partial charge in [-0.25, -0.2) is 4.39 Å². The number of nitrogens with zero attached hydrogens (tertiary/aromatic N) is 2. The first-order valence-corrected chi connectivity index (χ1v) is 11.9. The maximum absolute atomic E-state index is 14.2. The maximum atomic E-state index is 14.2. The van der Waals surface area contributed by atoms with Crippen LogP contribution in [0.15, 0.2) is 72.3 Å². The summed E-state index contributed by atoms with van der Waals surface area (Å²) in [5.41, 5.74) is 1.77. The van der Waals surface area contributed by atoms with Crippen molar-refractivity contribution in [3.8, 4) is 11.5 Å². The summed E-state index contributed by atoms with van der Waals surface area (Å²) in [6, 6.07) is 16.9. The SMILES string of the molecule is CCCOc1cccc(N2C(=O)C(=O)/C(=C(/O)c3cc(F)ccc3OC)C2c2ccc(N(C)C)cc2)c1. The van der Waals surface area contributed by atoms with Crippen LogP contribution >= 0.6 is 0 Å². The largest absolute Gasteiger partial charge is 0.507 e. The van der Waals surface area contributed by atoms with Crippen molar-refractivity contribution in [2.45, 2.75) is 19.4 Å². The highest BCUT2D eigenvalue weighted by molar-refractivity contribution is 6.51. The molecule has 3 aromatic carbocycles. The van der Waals surface area contributed by atoms with Gasteiger partial charge < -0.3 is 19.5 Å². The van der Waals surface area contributed by atoms with Crippen LogP contribution < -0.4 is 19.3 Å². The number of ether oxygens (including phenoxy) is 2. The predicted octanol–water partition coefficient (Wildman–Crippen LogP) is 5.32. The molecule has 0 aromatic heterocycles. The Balaban J connectivity index is 1.93. The van der Waals surface area contributed by atoms with E-state index in [1.165, 1.54) is 24.1 Å². The average molecular weight is 505 g/mol. The number of anilines is 2. The molecule has 1 N–H and O–H groups in total. The summed E-state index contributed by atoms with van der Waals surface area (Å²) in [5.74, 6) is -2.12. The van der Waals surface area contributed by atoms with Gasteiger partial charge in [0.05, 0.1) is 30.9 Å². The molecule has 0 spiro atoms. The third kappa shape index (κ3) is 5.00. The van der Waals surface area contributed by atoms with Gasteiger partial charge in [-0.2, -0.15) is 0 Å². The van der Waals surface area contributed by atoms with Crippen LogP contribution in [0.4, 0.5) is 15.8 Å². The van der Waals surface area contributed by atoms with Crippen molar-refractivity contribution in [2.24, 2.45) is 0 Å². The number of methoxy groups -OCH3 is 1. The second kappa shape index (κ2) is 10.7. The molecule has 0 bridgehead atoms. The molecular formula is C29H29FN2O5. The van der Waals surface area contributed by atoms with Crippen LogP contribution in [-0.4, -0.2) is 44.6 Å². The third-order valence-electron chi connectivity index (χ3n) is 6.15. The molecule has 1 unspecified atom stereocenters. The van der Waals surface area contributed by atoms with E-state index >= 15 is 0 Å². The van der Waals surface area contributed by atoms with Crippen molar-refractivity contribution in [1.29, 1.82) is 0 Å². The summed E-state index contributed by atoms with van der Waals surface area (Å²) in [7, 11) is 5.18. The predicted molar refractivity (Wildman–Crippen MR) is 141 cm³/mol. The molecule has 8 heteroatoms. The lowest BCUT2D eigenvalue weighted by Gasteiger charge is -2.26. The summed E-state index contributed by atoms with van der Waals surface area (Å²) >= 11 is 0. The van der Waals surface area contributed by atoms with Crippen molar-refractivity contribution in [1.82, 2.24) is 0 Å². The van der Waals surface area contributed by atoms with E-state index in [4.69, 9.17) is 9.47 Å². The zero-order chi connectivity index (χ0) is 26.7. The molecule has 1 fully saturated rings. The highest BCUT2D eigenvalue weighted by Crippen LogP contribution is 2.44. The molecule has 37 heavy (non-hydrogen) atoms. The fourth-order valence-electron chi connectivity index (χ4n) is 4.32. The summed E-state index contributed by atoms with van der Waals surface area (Å²) in [6.45, 7) is 2.48. The van der Waals surface area contributed by atoms with Crippen molar-refractivity contribution in [3.63, 3.8) is 0 Å². The molecular weight excluding hydrogens is 475 g/mol. The number of rotatable bonds is 8. The first-order chi connectivity index (χ1) is 17.8. The molecule has 1 aliphatic rings. The molecule has 0 aliphatic carbocycles. The minimum atomic E-state index is -0.967. The van der Waals surface area contributed by atoms with Gasteiger partial charge >= 0.3 is 0 Å². The minimum Gasteiger partial charge on any atom is -0.507 e. The Morgan fingerprint density at radius 3 is 2.43 bits per heavy atom. The molecule has 1 amide bonds. The van der Waals surface area contributed by atoms with Crippen LogP contribution in [0, 0.1) is 5.82 Å². The van der Waals surface area contributed by atoms with E-state index in [2.05, 4.69) is 0 Å². The highest BCUT2D eigenvalue weighted by Gasteiger charge is 2.47. The van der Waals surface area contributed by atoms with Crippen LogP contribution in [-0.2, 0) is 9.59 Å². The Hall–Kier alpha value is -4.33. The number of ketones is 1. The zero-order valence-electron chi connectivity index (χ0n) is 21.2. The van der Waals surface area contributed by atoms with E-state index in [1.54, 1.807) is 36.4 Å². The molecule has 0 radical (unpaired) electrons. The molecule has 3 aromatic rings. The Bertz CT molecular complexity index is 1350. The topological polar surface area (TPSA) is 79.3 Å². The van der Waals surface area contributed by atoms with Gasteiger partial charge in [-0.05, 0) is 54.4 Å². The second-order valence-corrected chi connectivity index (χ2v) is 8.85. The van der Waals surface area contributed by atoms with E-state index in [-0.39, 0.29) is 16.9 Å². The quantitative estimate of drug-likeness (QED) is 0.254. The van der Waals surface area contributed by atoms with E-state index < -0.39 is 29.3 Å². The second-order valence-electron chi connectivity index (χ2n) is 8.85. The molecule has 4 rings (SSSR count). The van der Waals surface area contributed by atoms with Gasteiger partial charge in [0.15, 0.2) is 0 Å². The lowest BCUT2D eigenvalue weighted by atomic mass is 9.94. The standard InChI is InChI=1S/C29H29FN2O5/c1-5-15-37-22-8-6-7-21(17-22)32-26(18-9-12-20(13-10-18)31(2)3)25(28(34)29(32)35)27(33)23-16-19(30)11-14-24(23)36-4/h6-14,16-17,26,33H,5,15H2,1-4H3/b27-25+. The lowest BCUT2D eigenvalue weighted by molar-refractivity contribution is -0.132. The summed E-state index contributed by atoms with van der Waals surface area (Å²) < 4.78 is 25.2. The molecule has 0 saturated carbocycles. The first kappa shape index (κ1) is 25.8. The zero-order valence-corrected chi connectivity index (χ0v) is 21.2. The van der Waals surface area contributed by atoms with Crippen molar-refractivity contribution >= 4 is 28.8 Å². The fraction of sp³-hybridized carbons (Fsp3) is 0.241. The fourth-order valence-corrected chi connectivity index (χ4v) is 4.32. The lowest BCUT2D eigenvalue weighted by Crippen LogP contribution is -2.29. The molecule has 7 nitrogen and oxygen atoms in total. The Morgan fingerprint density at radius 1 is 1.05 bits per heavy atom. The van der Waals surface area contributed by atoms with Gasteiger partial charge in [-0.1, -0.05) is 25.1 Å². The number of amides is 1. The Morgan fingerprint density at radius 2 is 1.78 bits per heavy atom. The number of Topliss-reactive ketones (excluding diaryl/α,β-unsaturated/α-hetero) is 1. The van der Waals surface area contributed by atoms with E-state index in [0.717, 1.165) is 18.2 Å². The van der Waals surface area contributed by atoms with Gasteiger partial charge in [0.2, 0.25) is 0 Å². The van der Waals surface area contributed by atoms with E-state index in [0.29, 0.717) is 23.6 Å². The third-order valence-corrected chi connectivity index (χ3v) is 6.15. The van der Waals surface area contributed by atoms with Crippen molar-refractivity contribution in [2.75, 3.05) is 37.6 Å². The van der Waals surface area contributed by atoms with Crippen LogP contribution in [0.5, 0.6) is 11.5 Å². The van der Waals surface area contributed by atoms with E-state index in [1.807, 2.05) is 38.1 Å². The number of carbonyl (C=O) groups excluding carboxylic acids is 2. The molecule has 1 aliphatic heterocycles. The molecule has 1 atom stereocenters.